The fourth-order valence-electron chi connectivity index (χ4n) is 0.127. The number of rotatable bonds is 2. The van der Waals surface area contributed by atoms with Gasteiger partial charge in [-0.3, -0.25) is 0 Å². The Labute approximate surface area is 37.8 Å². The standard InChI is InChI=1S/C4H8NO/c1-3-5-6-4-2/h3H,2,4H2,1H3. The first kappa shape index (κ1) is 5.47. The number of oxime groups is 1. The predicted octanol–water partition coefficient (Wildman–Crippen LogP) is 0.843. The molecule has 0 fully saturated rings. The first-order chi connectivity index (χ1) is 2.91. The predicted molar refractivity (Wildman–Crippen MR) is 25.5 cm³/mol. The van der Waals surface area contributed by atoms with Crippen molar-refractivity contribution < 1.29 is 4.84 Å². The molecule has 0 aliphatic rings. The average Bonchev–Trinajstić information content (AvgIpc) is 1.61. The van der Waals surface area contributed by atoms with E-state index in [2.05, 4.69) is 16.9 Å². The van der Waals surface area contributed by atoms with Gasteiger partial charge in [0.25, 0.3) is 0 Å². The van der Waals surface area contributed by atoms with Gasteiger partial charge < -0.3 is 4.84 Å². The largest absolute Gasteiger partial charge is 0.396 e. The van der Waals surface area contributed by atoms with E-state index in [1.54, 1.807) is 13.1 Å². The first-order valence-electron chi connectivity index (χ1n) is 1.81. The van der Waals surface area contributed by atoms with E-state index in [4.69, 9.17) is 0 Å². The second kappa shape index (κ2) is 4.47. The third-order valence-corrected chi connectivity index (χ3v) is 0.271. The summed E-state index contributed by atoms with van der Waals surface area (Å²) in [6.45, 7) is 5.58. The summed E-state index contributed by atoms with van der Waals surface area (Å²) in [5.41, 5.74) is 0. The van der Waals surface area contributed by atoms with Crippen LogP contribution in [0.1, 0.15) is 6.92 Å². The van der Waals surface area contributed by atoms with Gasteiger partial charge in [-0.1, -0.05) is 5.16 Å². The zero-order chi connectivity index (χ0) is 4.83. The third-order valence-electron chi connectivity index (χ3n) is 0.271. The SMILES string of the molecule is [CH2]CON=CC. The van der Waals surface area contributed by atoms with Crippen LogP contribution in [0.4, 0.5) is 0 Å². The lowest BCUT2D eigenvalue weighted by molar-refractivity contribution is 0.174. The molecule has 0 rings (SSSR count). The van der Waals surface area contributed by atoms with E-state index < -0.39 is 0 Å². The summed E-state index contributed by atoms with van der Waals surface area (Å²) < 4.78 is 0. The lowest BCUT2D eigenvalue weighted by Gasteiger charge is -1.84. The van der Waals surface area contributed by atoms with Gasteiger partial charge in [-0.15, -0.1) is 0 Å². The Morgan fingerprint density at radius 3 is 2.83 bits per heavy atom. The second-order valence-corrected chi connectivity index (χ2v) is 0.697. The minimum absolute atomic E-state index is 0.407. The van der Waals surface area contributed by atoms with Gasteiger partial charge in [0.15, 0.2) is 0 Å². The molecule has 0 saturated carbocycles. The Morgan fingerprint density at radius 1 is 2.00 bits per heavy atom. The zero-order valence-corrected chi connectivity index (χ0v) is 3.85. The summed E-state index contributed by atoms with van der Waals surface area (Å²) in [7, 11) is 0. The molecule has 0 saturated heterocycles. The van der Waals surface area contributed by atoms with Crippen LogP contribution >= 0.6 is 0 Å². The highest BCUT2D eigenvalue weighted by atomic mass is 16.6. The molecular weight excluding hydrogens is 78.0 g/mol. The van der Waals surface area contributed by atoms with Crippen LogP contribution in [0.5, 0.6) is 0 Å². The Bertz CT molecular complexity index is 42.8. The van der Waals surface area contributed by atoms with Gasteiger partial charge >= 0.3 is 0 Å². The fourth-order valence-corrected chi connectivity index (χ4v) is 0.127. The molecule has 35 valence electrons. The van der Waals surface area contributed by atoms with E-state index in [0.717, 1.165) is 0 Å². The molecule has 0 aliphatic carbocycles. The van der Waals surface area contributed by atoms with Gasteiger partial charge in [0.1, 0.15) is 6.61 Å². The Balaban J connectivity index is 2.66. The lowest BCUT2D eigenvalue weighted by Crippen LogP contribution is -1.76. The molecular formula is C4H8NO. The summed E-state index contributed by atoms with van der Waals surface area (Å²) in [4.78, 5) is 4.44. The molecule has 0 aromatic heterocycles. The van der Waals surface area contributed by atoms with Crippen molar-refractivity contribution in [2.45, 2.75) is 6.92 Å². The molecule has 0 spiro atoms. The van der Waals surface area contributed by atoms with Crippen LogP contribution in [-0.4, -0.2) is 12.8 Å². The summed E-state index contributed by atoms with van der Waals surface area (Å²) in [5.74, 6) is 0. The van der Waals surface area contributed by atoms with Gasteiger partial charge in [0.2, 0.25) is 0 Å². The van der Waals surface area contributed by atoms with Crippen molar-refractivity contribution in [3.8, 4) is 0 Å². The molecule has 6 heavy (non-hydrogen) atoms. The third kappa shape index (κ3) is 3.47. The summed E-state index contributed by atoms with van der Waals surface area (Å²) in [6.07, 6.45) is 1.57. The molecule has 0 unspecified atom stereocenters. The van der Waals surface area contributed by atoms with Gasteiger partial charge in [-0.25, -0.2) is 0 Å². The summed E-state index contributed by atoms with van der Waals surface area (Å²) >= 11 is 0. The van der Waals surface area contributed by atoms with E-state index in [9.17, 15) is 0 Å². The monoisotopic (exact) mass is 86.1 g/mol. The Kier molecular flexibility index (Phi) is 4.08. The van der Waals surface area contributed by atoms with Crippen molar-refractivity contribution in [3.63, 3.8) is 0 Å². The minimum atomic E-state index is 0.407. The van der Waals surface area contributed by atoms with Crippen LogP contribution in [0.3, 0.4) is 0 Å². The van der Waals surface area contributed by atoms with E-state index >= 15 is 0 Å². The highest BCUT2D eigenvalue weighted by Crippen LogP contribution is 1.66. The fraction of sp³-hybridized carbons (Fsp3) is 0.500. The van der Waals surface area contributed by atoms with Crippen molar-refractivity contribution >= 4 is 6.21 Å². The number of hydrogen-bond donors (Lipinski definition) is 0. The normalized spacial score (nSPS) is 9.67. The average molecular weight is 86.1 g/mol. The first-order valence-corrected chi connectivity index (χ1v) is 1.81. The van der Waals surface area contributed by atoms with E-state index in [-0.39, 0.29) is 0 Å². The smallest absolute Gasteiger partial charge is 0.117 e. The number of hydrogen-bond acceptors (Lipinski definition) is 2. The van der Waals surface area contributed by atoms with E-state index in [0.29, 0.717) is 6.61 Å². The van der Waals surface area contributed by atoms with E-state index in [1.807, 2.05) is 0 Å². The molecule has 0 aromatic carbocycles. The van der Waals surface area contributed by atoms with Crippen LogP contribution in [0.25, 0.3) is 0 Å². The molecule has 0 amide bonds. The van der Waals surface area contributed by atoms with Crippen LogP contribution in [-0.2, 0) is 4.84 Å². The summed E-state index contributed by atoms with van der Waals surface area (Å²) in [6, 6.07) is 0. The molecule has 2 heteroatoms. The van der Waals surface area contributed by atoms with Crippen LogP contribution in [0.15, 0.2) is 5.16 Å². The molecule has 0 heterocycles. The maximum absolute atomic E-state index is 4.44. The molecule has 0 atom stereocenters. The van der Waals surface area contributed by atoms with Crippen LogP contribution in [0, 0.1) is 6.92 Å². The van der Waals surface area contributed by atoms with Crippen molar-refractivity contribution in [2.24, 2.45) is 5.16 Å². The van der Waals surface area contributed by atoms with Gasteiger partial charge in [0.05, 0.1) is 0 Å². The molecule has 0 aromatic rings. The Hall–Kier alpha value is -0.530. The molecule has 0 N–H and O–H groups in total. The second-order valence-electron chi connectivity index (χ2n) is 0.697. The molecule has 2 nitrogen and oxygen atoms in total. The van der Waals surface area contributed by atoms with Gasteiger partial charge in [0, 0.05) is 6.21 Å². The molecule has 0 aliphatic heterocycles. The molecule has 0 bridgehead atoms. The quantitative estimate of drug-likeness (QED) is 0.360. The highest BCUT2D eigenvalue weighted by Gasteiger charge is 1.61. The zero-order valence-electron chi connectivity index (χ0n) is 3.85. The topological polar surface area (TPSA) is 21.6 Å². The summed E-state index contributed by atoms with van der Waals surface area (Å²) in [5, 5.41) is 3.40. The molecule has 1 radical (unpaired) electrons. The van der Waals surface area contributed by atoms with Crippen molar-refractivity contribution in [1.29, 1.82) is 0 Å². The van der Waals surface area contributed by atoms with Crippen molar-refractivity contribution in [2.75, 3.05) is 6.61 Å². The van der Waals surface area contributed by atoms with Gasteiger partial charge in [-0.2, -0.15) is 0 Å². The maximum atomic E-state index is 4.44. The Morgan fingerprint density at radius 2 is 2.67 bits per heavy atom. The highest BCUT2D eigenvalue weighted by molar-refractivity contribution is 5.52. The van der Waals surface area contributed by atoms with Crippen molar-refractivity contribution in [3.05, 3.63) is 6.92 Å². The van der Waals surface area contributed by atoms with Crippen LogP contribution in [0.2, 0.25) is 0 Å². The van der Waals surface area contributed by atoms with Crippen LogP contribution < -0.4 is 0 Å². The number of nitrogens with zero attached hydrogens (tertiary/aromatic N) is 1. The maximum Gasteiger partial charge on any atom is 0.117 e. The van der Waals surface area contributed by atoms with Crippen molar-refractivity contribution in [1.82, 2.24) is 0 Å². The van der Waals surface area contributed by atoms with E-state index in [1.165, 1.54) is 0 Å². The minimum Gasteiger partial charge on any atom is -0.396 e. The van der Waals surface area contributed by atoms with Gasteiger partial charge in [-0.05, 0) is 13.8 Å². The lowest BCUT2D eigenvalue weighted by atomic mass is 10.9.